The molecule has 128 valence electrons. The first-order valence-corrected chi connectivity index (χ1v) is 9.30. The Bertz CT molecular complexity index is 775. The molecule has 3 aromatic carbocycles. The molecule has 0 saturated heterocycles. The summed E-state index contributed by atoms with van der Waals surface area (Å²) in [6.45, 7) is 2.31. The fourth-order valence-electron chi connectivity index (χ4n) is 2.66. The van der Waals surface area contributed by atoms with Crippen LogP contribution >= 0.6 is 15.9 Å². The van der Waals surface area contributed by atoms with Crippen LogP contribution in [0.3, 0.4) is 0 Å². The smallest absolute Gasteiger partial charge is 0.124 e. The summed E-state index contributed by atoms with van der Waals surface area (Å²) in [7, 11) is 0. The third kappa shape index (κ3) is 5.73. The molecule has 0 aliphatic heterocycles. The van der Waals surface area contributed by atoms with Gasteiger partial charge in [-0.15, -0.1) is 0 Å². The molecular weight excluding hydrogens is 374 g/mol. The molecule has 0 fully saturated rings. The third-order valence-corrected chi connectivity index (χ3v) is 4.50. The Balaban J connectivity index is 1.55. The van der Waals surface area contributed by atoms with E-state index < -0.39 is 0 Å². The summed E-state index contributed by atoms with van der Waals surface area (Å²) in [5.74, 6) is 0.930. The normalized spacial score (nSPS) is 10.6. The lowest BCUT2D eigenvalue weighted by Gasteiger charge is -2.13. The van der Waals surface area contributed by atoms with Crippen molar-refractivity contribution in [2.24, 2.45) is 0 Å². The Morgan fingerprint density at radius 3 is 2.20 bits per heavy atom. The standard InChI is InChI=1S/C22H22BrNO/c23-21-11-12-22(25-17-19-9-5-2-6-10-19)20(15-21)16-24-14-13-18-7-3-1-4-8-18/h1-12,15,24H,13-14,16-17H2. The maximum atomic E-state index is 6.03. The molecule has 0 heterocycles. The number of hydrogen-bond donors (Lipinski definition) is 1. The van der Waals surface area contributed by atoms with E-state index in [-0.39, 0.29) is 0 Å². The van der Waals surface area contributed by atoms with Crippen molar-refractivity contribution in [2.75, 3.05) is 6.54 Å². The van der Waals surface area contributed by atoms with Crippen LogP contribution in [0.4, 0.5) is 0 Å². The van der Waals surface area contributed by atoms with Gasteiger partial charge in [0.25, 0.3) is 0 Å². The highest BCUT2D eigenvalue weighted by Gasteiger charge is 2.05. The number of hydrogen-bond acceptors (Lipinski definition) is 2. The largest absolute Gasteiger partial charge is 0.489 e. The van der Waals surface area contributed by atoms with Crippen molar-refractivity contribution in [3.05, 3.63) is 100 Å². The van der Waals surface area contributed by atoms with E-state index in [1.165, 1.54) is 16.7 Å². The monoisotopic (exact) mass is 395 g/mol. The van der Waals surface area contributed by atoms with Crippen LogP contribution in [-0.4, -0.2) is 6.54 Å². The summed E-state index contributed by atoms with van der Waals surface area (Å²) in [6, 6.07) is 27.0. The molecule has 0 aliphatic rings. The van der Waals surface area contributed by atoms with Gasteiger partial charge in [-0.1, -0.05) is 76.6 Å². The van der Waals surface area contributed by atoms with Crippen molar-refractivity contribution in [3.63, 3.8) is 0 Å². The number of rotatable bonds is 8. The molecule has 0 bridgehead atoms. The van der Waals surface area contributed by atoms with Crippen molar-refractivity contribution in [2.45, 2.75) is 19.6 Å². The fourth-order valence-corrected chi connectivity index (χ4v) is 3.07. The second-order valence-electron chi connectivity index (χ2n) is 5.94. The van der Waals surface area contributed by atoms with Gasteiger partial charge in [-0.2, -0.15) is 0 Å². The highest BCUT2D eigenvalue weighted by Crippen LogP contribution is 2.24. The summed E-state index contributed by atoms with van der Waals surface area (Å²) in [5, 5.41) is 3.52. The summed E-state index contributed by atoms with van der Waals surface area (Å²) >= 11 is 3.55. The van der Waals surface area contributed by atoms with E-state index in [9.17, 15) is 0 Å². The molecule has 0 radical (unpaired) electrons. The van der Waals surface area contributed by atoms with Crippen LogP contribution in [0.25, 0.3) is 0 Å². The minimum absolute atomic E-state index is 0.583. The molecule has 1 N–H and O–H groups in total. The van der Waals surface area contributed by atoms with Gasteiger partial charge in [0.1, 0.15) is 12.4 Å². The summed E-state index contributed by atoms with van der Waals surface area (Å²) in [5.41, 5.74) is 3.69. The predicted octanol–water partition coefficient (Wildman–Crippen LogP) is 5.36. The number of ether oxygens (including phenoxy) is 1. The van der Waals surface area contributed by atoms with E-state index in [1.54, 1.807) is 0 Å². The minimum Gasteiger partial charge on any atom is -0.489 e. The molecule has 3 heteroatoms. The van der Waals surface area contributed by atoms with Crippen LogP contribution in [0.15, 0.2) is 83.3 Å². The average Bonchev–Trinajstić information content (AvgIpc) is 2.66. The molecule has 0 spiro atoms. The van der Waals surface area contributed by atoms with Crippen molar-refractivity contribution < 1.29 is 4.74 Å². The molecule has 0 aliphatic carbocycles. The summed E-state index contributed by atoms with van der Waals surface area (Å²) < 4.78 is 7.10. The van der Waals surface area contributed by atoms with E-state index in [4.69, 9.17) is 4.74 Å². The first kappa shape index (κ1) is 17.7. The number of halogens is 1. The van der Waals surface area contributed by atoms with Gasteiger partial charge in [-0.05, 0) is 42.3 Å². The van der Waals surface area contributed by atoms with E-state index in [0.29, 0.717) is 6.61 Å². The zero-order valence-corrected chi connectivity index (χ0v) is 15.7. The maximum Gasteiger partial charge on any atom is 0.124 e. The molecule has 25 heavy (non-hydrogen) atoms. The lowest BCUT2D eigenvalue weighted by atomic mass is 10.1. The summed E-state index contributed by atoms with van der Waals surface area (Å²) in [6.07, 6.45) is 1.02. The lowest BCUT2D eigenvalue weighted by Crippen LogP contribution is -2.17. The number of benzene rings is 3. The highest BCUT2D eigenvalue weighted by atomic mass is 79.9. The van der Waals surface area contributed by atoms with Crippen molar-refractivity contribution in [3.8, 4) is 5.75 Å². The first-order valence-electron chi connectivity index (χ1n) is 8.51. The van der Waals surface area contributed by atoms with E-state index >= 15 is 0 Å². The Kier molecular flexibility index (Phi) is 6.66. The lowest BCUT2D eigenvalue weighted by molar-refractivity contribution is 0.302. The maximum absolute atomic E-state index is 6.03. The topological polar surface area (TPSA) is 21.3 Å². The Labute approximate surface area is 158 Å². The van der Waals surface area contributed by atoms with Crippen molar-refractivity contribution >= 4 is 15.9 Å². The molecule has 2 nitrogen and oxygen atoms in total. The average molecular weight is 396 g/mol. The number of nitrogens with one attached hydrogen (secondary N) is 1. The third-order valence-electron chi connectivity index (χ3n) is 4.01. The highest BCUT2D eigenvalue weighted by molar-refractivity contribution is 9.10. The molecule has 0 saturated carbocycles. The molecule has 0 aromatic heterocycles. The van der Waals surface area contributed by atoms with Crippen LogP contribution in [-0.2, 0) is 19.6 Å². The predicted molar refractivity (Wildman–Crippen MR) is 107 cm³/mol. The van der Waals surface area contributed by atoms with Gasteiger partial charge < -0.3 is 10.1 Å². The fraction of sp³-hybridized carbons (Fsp3) is 0.182. The Morgan fingerprint density at radius 1 is 0.800 bits per heavy atom. The van der Waals surface area contributed by atoms with Gasteiger partial charge in [0.15, 0.2) is 0 Å². The SMILES string of the molecule is Brc1ccc(OCc2ccccc2)c(CNCCc2ccccc2)c1. The van der Waals surface area contributed by atoms with Crippen molar-refractivity contribution in [1.82, 2.24) is 5.32 Å². The van der Waals surface area contributed by atoms with Gasteiger partial charge in [-0.25, -0.2) is 0 Å². The summed E-state index contributed by atoms with van der Waals surface area (Å²) in [4.78, 5) is 0. The van der Waals surface area contributed by atoms with Crippen LogP contribution in [0.1, 0.15) is 16.7 Å². The second kappa shape index (κ2) is 9.40. The Hall–Kier alpha value is -2.10. The van der Waals surface area contributed by atoms with Gasteiger partial charge in [0.2, 0.25) is 0 Å². The zero-order valence-electron chi connectivity index (χ0n) is 14.1. The van der Waals surface area contributed by atoms with Crippen LogP contribution in [0.2, 0.25) is 0 Å². The molecule has 0 amide bonds. The second-order valence-corrected chi connectivity index (χ2v) is 6.85. The zero-order chi connectivity index (χ0) is 17.3. The van der Waals surface area contributed by atoms with Gasteiger partial charge in [0.05, 0.1) is 0 Å². The molecular formula is C22H22BrNO. The van der Waals surface area contributed by atoms with Gasteiger partial charge >= 0.3 is 0 Å². The van der Waals surface area contributed by atoms with E-state index in [2.05, 4.69) is 69.8 Å². The molecule has 0 unspecified atom stereocenters. The van der Waals surface area contributed by atoms with Gasteiger partial charge in [0, 0.05) is 16.6 Å². The van der Waals surface area contributed by atoms with Crippen LogP contribution in [0.5, 0.6) is 5.75 Å². The Morgan fingerprint density at radius 2 is 1.48 bits per heavy atom. The van der Waals surface area contributed by atoms with E-state index in [0.717, 1.165) is 29.7 Å². The molecule has 0 atom stereocenters. The first-order chi connectivity index (χ1) is 12.3. The quantitative estimate of drug-likeness (QED) is 0.518. The minimum atomic E-state index is 0.583. The van der Waals surface area contributed by atoms with E-state index in [1.807, 2.05) is 30.3 Å². The van der Waals surface area contributed by atoms with Crippen LogP contribution < -0.4 is 10.1 Å². The van der Waals surface area contributed by atoms with Crippen molar-refractivity contribution in [1.29, 1.82) is 0 Å². The molecule has 3 aromatic rings. The van der Waals surface area contributed by atoms with Crippen LogP contribution in [0, 0.1) is 0 Å². The molecule has 3 rings (SSSR count). The van der Waals surface area contributed by atoms with Gasteiger partial charge in [-0.3, -0.25) is 0 Å².